The van der Waals surface area contributed by atoms with Crippen molar-refractivity contribution < 1.29 is 18.0 Å². The number of nitrogens with one attached hydrogen (secondary N) is 1. The summed E-state index contributed by atoms with van der Waals surface area (Å²) in [6.45, 7) is 9.17. The zero-order chi connectivity index (χ0) is 26.3. The predicted octanol–water partition coefficient (Wildman–Crippen LogP) is 4.44. The van der Waals surface area contributed by atoms with Crippen molar-refractivity contribution in [1.82, 2.24) is 10.2 Å². The summed E-state index contributed by atoms with van der Waals surface area (Å²) in [4.78, 5) is 28.4. The molecule has 0 aliphatic rings. The lowest BCUT2D eigenvalue weighted by atomic mass is 10.1. The monoisotopic (exact) mass is 521 g/mol. The van der Waals surface area contributed by atoms with Crippen molar-refractivity contribution in [3.63, 3.8) is 0 Å². The number of carbonyl (C=O) groups excluding carboxylic acids is 2. The van der Waals surface area contributed by atoms with Crippen LogP contribution in [0.4, 0.5) is 5.69 Å². The van der Waals surface area contributed by atoms with Gasteiger partial charge in [0.25, 0.3) is 0 Å². The molecule has 0 aromatic heterocycles. The van der Waals surface area contributed by atoms with Crippen molar-refractivity contribution in [1.29, 1.82) is 0 Å². The molecular weight excluding hydrogens is 486 g/mol. The van der Waals surface area contributed by atoms with Gasteiger partial charge in [-0.15, -0.1) is 0 Å². The highest BCUT2D eigenvalue weighted by molar-refractivity contribution is 7.92. The lowest BCUT2D eigenvalue weighted by molar-refractivity contribution is -0.140. The summed E-state index contributed by atoms with van der Waals surface area (Å²) in [6, 6.07) is 11.7. The normalized spacial score (nSPS) is 13.1. The van der Waals surface area contributed by atoms with Crippen LogP contribution in [0.15, 0.2) is 42.5 Å². The van der Waals surface area contributed by atoms with Crippen LogP contribution in [0.1, 0.15) is 50.3 Å². The number of amides is 2. The first-order valence-electron chi connectivity index (χ1n) is 11.8. The molecule has 0 saturated carbocycles. The molecule has 2 unspecified atom stereocenters. The van der Waals surface area contributed by atoms with Crippen LogP contribution in [-0.2, 0) is 26.2 Å². The zero-order valence-corrected chi connectivity index (χ0v) is 22.9. The molecular formula is C26H36ClN3O4S. The maximum absolute atomic E-state index is 13.7. The topological polar surface area (TPSA) is 86.8 Å². The first-order chi connectivity index (χ1) is 16.4. The van der Waals surface area contributed by atoms with E-state index in [1.807, 2.05) is 52.0 Å². The molecule has 0 fully saturated rings. The van der Waals surface area contributed by atoms with Crippen LogP contribution >= 0.6 is 11.6 Å². The second kappa shape index (κ2) is 12.4. The summed E-state index contributed by atoms with van der Waals surface area (Å²) in [5, 5.41) is 3.44. The minimum Gasteiger partial charge on any atom is -0.352 e. The average molecular weight is 522 g/mol. The number of rotatable bonds is 11. The van der Waals surface area contributed by atoms with Gasteiger partial charge in [0.15, 0.2) is 0 Å². The molecule has 0 radical (unpaired) electrons. The van der Waals surface area contributed by atoms with Gasteiger partial charge in [-0.25, -0.2) is 8.42 Å². The van der Waals surface area contributed by atoms with E-state index in [0.29, 0.717) is 22.7 Å². The molecule has 0 spiro atoms. The number of anilines is 1. The number of nitrogens with zero attached hydrogens (tertiary/aromatic N) is 2. The third-order valence-corrected chi connectivity index (χ3v) is 7.46. The molecule has 0 saturated heterocycles. The molecule has 0 aliphatic heterocycles. The number of sulfonamides is 1. The highest BCUT2D eigenvalue weighted by Gasteiger charge is 2.32. The molecule has 9 heteroatoms. The number of benzene rings is 2. The summed E-state index contributed by atoms with van der Waals surface area (Å²) >= 11 is 6.06. The maximum Gasteiger partial charge on any atom is 0.244 e. The molecule has 192 valence electrons. The van der Waals surface area contributed by atoms with E-state index >= 15 is 0 Å². The molecule has 0 aliphatic carbocycles. The SMILES string of the molecule is CCC(C)NC(=O)C(CC)N(Cc1ccccc1C)C(=O)CN(c1ccc(Cl)cc1C)S(C)(=O)=O. The number of carbonyl (C=O) groups is 2. The van der Waals surface area contributed by atoms with E-state index in [-0.39, 0.29) is 18.5 Å². The lowest BCUT2D eigenvalue weighted by Gasteiger charge is -2.34. The second-order valence-corrected chi connectivity index (χ2v) is 11.2. The molecule has 35 heavy (non-hydrogen) atoms. The van der Waals surface area contributed by atoms with Crippen LogP contribution in [0.3, 0.4) is 0 Å². The zero-order valence-electron chi connectivity index (χ0n) is 21.3. The van der Waals surface area contributed by atoms with Gasteiger partial charge >= 0.3 is 0 Å². The fourth-order valence-corrected chi connectivity index (χ4v) is 4.96. The van der Waals surface area contributed by atoms with Gasteiger partial charge in [0, 0.05) is 17.6 Å². The van der Waals surface area contributed by atoms with Crippen molar-refractivity contribution in [2.45, 2.75) is 66.1 Å². The summed E-state index contributed by atoms with van der Waals surface area (Å²) in [6.07, 6.45) is 2.21. The summed E-state index contributed by atoms with van der Waals surface area (Å²) in [7, 11) is -3.80. The van der Waals surface area contributed by atoms with Crippen molar-refractivity contribution in [2.75, 3.05) is 17.1 Å². The van der Waals surface area contributed by atoms with Crippen LogP contribution in [0, 0.1) is 13.8 Å². The molecule has 2 amide bonds. The summed E-state index contributed by atoms with van der Waals surface area (Å²) in [5.41, 5.74) is 2.88. The first-order valence-corrected chi connectivity index (χ1v) is 14.0. The molecule has 2 rings (SSSR count). The van der Waals surface area contributed by atoms with Gasteiger partial charge in [-0.2, -0.15) is 0 Å². The fraction of sp³-hybridized carbons (Fsp3) is 0.462. The van der Waals surface area contributed by atoms with Crippen molar-refractivity contribution >= 4 is 39.1 Å². The van der Waals surface area contributed by atoms with Crippen LogP contribution in [-0.4, -0.2) is 50.0 Å². The van der Waals surface area contributed by atoms with Crippen LogP contribution < -0.4 is 9.62 Å². The van der Waals surface area contributed by atoms with Gasteiger partial charge in [0.2, 0.25) is 21.8 Å². The Balaban J connectivity index is 2.49. The Morgan fingerprint density at radius 2 is 1.69 bits per heavy atom. The van der Waals surface area contributed by atoms with Gasteiger partial charge in [-0.1, -0.05) is 49.7 Å². The van der Waals surface area contributed by atoms with Crippen molar-refractivity contribution in [3.05, 3.63) is 64.2 Å². The van der Waals surface area contributed by atoms with Gasteiger partial charge < -0.3 is 10.2 Å². The van der Waals surface area contributed by atoms with Crippen molar-refractivity contribution in [2.24, 2.45) is 0 Å². The predicted molar refractivity (Wildman–Crippen MR) is 142 cm³/mol. The Morgan fingerprint density at radius 3 is 2.23 bits per heavy atom. The van der Waals surface area contributed by atoms with Gasteiger partial charge in [-0.05, 0) is 68.5 Å². The Morgan fingerprint density at radius 1 is 1.03 bits per heavy atom. The standard InChI is InChI=1S/C26H36ClN3O4S/c1-7-20(5)28-26(32)23(8-2)29(16-21-12-10-9-11-18(21)3)25(31)17-30(35(6,33)34)24-14-13-22(27)15-19(24)4/h9-15,20,23H,7-8,16-17H2,1-6H3,(H,28,32). The molecule has 7 nitrogen and oxygen atoms in total. The first kappa shape index (κ1) is 28.7. The maximum atomic E-state index is 13.7. The highest BCUT2D eigenvalue weighted by atomic mass is 35.5. The second-order valence-electron chi connectivity index (χ2n) is 8.89. The molecule has 2 atom stereocenters. The van der Waals surface area contributed by atoms with Gasteiger partial charge in [0.05, 0.1) is 11.9 Å². The summed E-state index contributed by atoms with van der Waals surface area (Å²) in [5.74, 6) is -0.712. The van der Waals surface area contributed by atoms with E-state index < -0.39 is 28.5 Å². The largest absolute Gasteiger partial charge is 0.352 e. The Hall–Kier alpha value is -2.58. The number of hydrogen-bond acceptors (Lipinski definition) is 4. The molecule has 0 bridgehead atoms. The van der Waals surface area contributed by atoms with E-state index in [1.54, 1.807) is 25.1 Å². The Kier molecular flexibility index (Phi) is 10.2. The van der Waals surface area contributed by atoms with E-state index in [1.165, 1.54) is 4.90 Å². The van der Waals surface area contributed by atoms with Gasteiger partial charge in [0.1, 0.15) is 12.6 Å². The van der Waals surface area contributed by atoms with Crippen LogP contribution in [0.25, 0.3) is 0 Å². The van der Waals surface area contributed by atoms with E-state index in [2.05, 4.69) is 5.32 Å². The van der Waals surface area contributed by atoms with E-state index in [0.717, 1.165) is 28.1 Å². The van der Waals surface area contributed by atoms with Gasteiger partial charge in [-0.3, -0.25) is 13.9 Å². The van der Waals surface area contributed by atoms with Crippen LogP contribution in [0.2, 0.25) is 5.02 Å². The minimum atomic E-state index is -3.80. The minimum absolute atomic E-state index is 0.0452. The Labute approximate surface area is 214 Å². The van der Waals surface area contributed by atoms with Crippen molar-refractivity contribution in [3.8, 4) is 0 Å². The van der Waals surface area contributed by atoms with E-state index in [9.17, 15) is 18.0 Å². The molecule has 2 aromatic carbocycles. The van der Waals surface area contributed by atoms with E-state index in [4.69, 9.17) is 11.6 Å². The quantitative estimate of drug-likeness (QED) is 0.473. The number of aryl methyl sites for hydroxylation is 2. The Bertz CT molecular complexity index is 1150. The average Bonchev–Trinajstić information content (AvgIpc) is 2.78. The fourth-order valence-electron chi connectivity index (χ4n) is 3.83. The number of hydrogen-bond donors (Lipinski definition) is 1. The summed E-state index contributed by atoms with van der Waals surface area (Å²) < 4.78 is 26.6. The third kappa shape index (κ3) is 7.70. The number of halogens is 1. The third-order valence-electron chi connectivity index (χ3n) is 6.10. The molecule has 2 aromatic rings. The lowest BCUT2D eigenvalue weighted by Crippen LogP contribution is -2.53. The molecule has 0 heterocycles. The highest BCUT2D eigenvalue weighted by Crippen LogP contribution is 2.26. The van der Waals surface area contributed by atoms with Crippen LogP contribution in [0.5, 0.6) is 0 Å². The smallest absolute Gasteiger partial charge is 0.244 e. The molecule has 1 N–H and O–H groups in total.